The molecule has 8 nitrogen and oxygen atoms in total. The van der Waals surface area contributed by atoms with Gasteiger partial charge in [-0.25, -0.2) is 13.1 Å². The highest BCUT2D eigenvalue weighted by Gasteiger charge is 2.18. The van der Waals surface area contributed by atoms with Crippen LogP contribution in [0.1, 0.15) is 31.5 Å². The number of methoxy groups -OCH3 is 2. The molecular weight excluding hydrogens is 322 g/mol. The minimum absolute atomic E-state index is 0.0544. The summed E-state index contributed by atoms with van der Waals surface area (Å²) < 4.78 is 42.6. The molecule has 1 heterocycles. The molecule has 1 aromatic heterocycles. The van der Waals surface area contributed by atoms with Crippen LogP contribution in [0.2, 0.25) is 0 Å². The van der Waals surface area contributed by atoms with Crippen molar-refractivity contribution in [1.82, 2.24) is 14.9 Å². The van der Waals surface area contributed by atoms with Crippen molar-refractivity contribution in [3.05, 3.63) is 30.0 Å². The van der Waals surface area contributed by atoms with E-state index in [0.717, 1.165) is 0 Å². The number of hydrogen-bond acceptors (Lipinski definition) is 7. The highest BCUT2D eigenvalue weighted by molar-refractivity contribution is 7.89. The van der Waals surface area contributed by atoms with Crippen molar-refractivity contribution in [2.45, 2.75) is 31.2 Å². The van der Waals surface area contributed by atoms with E-state index < -0.39 is 10.0 Å². The van der Waals surface area contributed by atoms with Gasteiger partial charge in [0.15, 0.2) is 11.5 Å². The summed E-state index contributed by atoms with van der Waals surface area (Å²) in [5.41, 5.74) is 0. The Balaban J connectivity index is 2.15. The second kappa shape index (κ2) is 6.97. The van der Waals surface area contributed by atoms with Gasteiger partial charge in [-0.2, -0.15) is 0 Å². The third-order valence-corrected chi connectivity index (χ3v) is 4.45. The third kappa shape index (κ3) is 3.99. The van der Waals surface area contributed by atoms with Gasteiger partial charge in [0.2, 0.25) is 21.8 Å². The van der Waals surface area contributed by atoms with Crippen LogP contribution < -0.4 is 14.2 Å². The Bertz CT molecular complexity index is 770. The van der Waals surface area contributed by atoms with Crippen LogP contribution in [0.3, 0.4) is 0 Å². The topological polar surface area (TPSA) is 104 Å². The average molecular weight is 341 g/mol. The lowest BCUT2D eigenvalue weighted by Gasteiger charge is -2.10. The van der Waals surface area contributed by atoms with Gasteiger partial charge in [-0.3, -0.25) is 0 Å². The van der Waals surface area contributed by atoms with Gasteiger partial charge >= 0.3 is 0 Å². The first-order valence-corrected chi connectivity index (χ1v) is 8.39. The van der Waals surface area contributed by atoms with Gasteiger partial charge in [0, 0.05) is 12.0 Å². The van der Waals surface area contributed by atoms with E-state index in [1.54, 1.807) is 0 Å². The Labute approximate surface area is 134 Å². The van der Waals surface area contributed by atoms with Crippen LogP contribution in [0.5, 0.6) is 11.5 Å². The maximum absolute atomic E-state index is 12.3. The lowest BCUT2D eigenvalue weighted by molar-refractivity contribution is 0.354. The quantitative estimate of drug-likeness (QED) is 0.817. The fraction of sp³-hybridized carbons (Fsp3) is 0.429. The largest absolute Gasteiger partial charge is 0.493 e. The molecule has 2 rings (SSSR count). The van der Waals surface area contributed by atoms with Crippen molar-refractivity contribution >= 4 is 10.0 Å². The number of aromatic nitrogens is 2. The molecule has 1 aromatic carbocycles. The molecule has 0 bridgehead atoms. The Kier molecular flexibility index (Phi) is 5.22. The number of sulfonamides is 1. The van der Waals surface area contributed by atoms with E-state index in [2.05, 4.69) is 14.9 Å². The van der Waals surface area contributed by atoms with E-state index in [-0.39, 0.29) is 23.2 Å². The van der Waals surface area contributed by atoms with E-state index in [1.165, 1.54) is 32.4 Å². The van der Waals surface area contributed by atoms with Crippen molar-refractivity contribution in [3.8, 4) is 11.5 Å². The zero-order valence-electron chi connectivity index (χ0n) is 13.4. The lowest BCUT2D eigenvalue weighted by Crippen LogP contribution is -2.23. The first-order chi connectivity index (χ1) is 10.9. The first-order valence-electron chi connectivity index (χ1n) is 6.91. The van der Waals surface area contributed by atoms with Crippen molar-refractivity contribution in [1.29, 1.82) is 0 Å². The molecule has 2 aromatic rings. The maximum atomic E-state index is 12.3. The summed E-state index contributed by atoms with van der Waals surface area (Å²) in [4.78, 5) is 0.0544. The Morgan fingerprint density at radius 1 is 1.17 bits per heavy atom. The normalized spacial score (nSPS) is 11.7. The second-order valence-electron chi connectivity index (χ2n) is 5.03. The van der Waals surface area contributed by atoms with E-state index in [4.69, 9.17) is 13.9 Å². The second-order valence-corrected chi connectivity index (χ2v) is 6.80. The lowest BCUT2D eigenvalue weighted by atomic mass is 10.2. The van der Waals surface area contributed by atoms with Gasteiger partial charge < -0.3 is 13.9 Å². The molecule has 0 radical (unpaired) electrons. The summed E-state index contributed by atoms with van der Waals surface area (Å²) in [5, 5.41) is 7.66. The fourth-order valence-electron chi connectivity index (χ4n) is 1.80. The molecule has 126 valence electrons. The van der Waals surface area contributed by atoms with Gasteiger partial charge in [-0.05, 0) is 12.1 Å². The summed E-state index contributed by atoms with van der Waals surface area (Å²) in [5.74, 6) is 1.53. The van der Waals surface area contributed by atoms with Gasteiger partial charge in [-0.1, -0.05) is 13.8 Å². The summed E-state index contributed by atoms with van der Waals surface area (Å²) in [6.07, 6.45) is 0. The number of hydrogen-bond donors (Lipinski definition) is 1. The Morgan fingerprint density at radius 3 is 2.43 bits per heavy atom. The minimum atomic E-state index is -3.74. The molecule has 0 spiro atoms. The van der Waals surface area contributed by atoms with Crippen LogP contribution in [0.4, 0.5) is 0 Å². The number of rotatable bonds is 7. The summed E-state index contributed by atoms with van der Waals surface area (Å²) >= 11 is 0. The molecule has 0 amide bonds. The van der Waals surface area contributed by atoms with Crippen molar-refractivity contribution < 1.29 is 22.3 Å². The molecule has 1 N–H and O–H groups in total. The van der Waals surface area contributed by atoms with Crippen LogP contribution in [0.25, 0.3) is 0 Å². The Morgan fingerprint density at radius 2 is 1.87 bits per heavy atom. The van der Waals surface area contributed by atoms with Gasteiger partial charge in [0.05, 0.1) is 25.7 Å². The van der Waals surface area contributed by atoms with Gasteiger partial charge in [0.25, 0.3) is 0 Å². The smallest absolute Gasteiger partial charge is 0.241 e. The highest BCUT2D eigenvalue weighted by Crippen LogP contribution is 2.29. The highest BCUT2D eigenvalue weighted by atomic mass is 32.2. The van der Waals surface area contributed by atoms with Crippen LogP contribution in [0.15, 0.2) is 27.5 Å². The standard InChI is InChI=1S/C14H19N3O5S/c1-9(2)14-17-16-13(22-14)8-15-23(18,19)10-5-6-11(20-3)12(7-10)21-4/h5-7,9,15H,8H2,1-4H3. The number of benzene rings is 1. The predicted octanol–water partition coefficient (Wildman–Crippen LogP) is 1.69. The van der Waals surface area contributed by atoms with E-state index in [9.17, 15) is 8.42 Å². The molecular formula is C14H19N3O5S. The maximum Gasteiger partial charge on any atom is 0.241 e. The number of ether oxygens (including phenoxy) is 2. The molecule has 0 fully saturated rings. The van der Waals surface area contributed by atoms with Crippen LogP contribution >= 0.6 is 0 Å². The molecule has 0 atom stereocenters. The van der Waals surface area contributed by atoms with Gasteiger partial charge in [-0.15, -0.1) is 10.2 Å². The molecule has 0 saturated carbocycles. The van der Waals surface area contributed by atoms with Crippen molar-refractivity contribution in [2.24, 2.45) is 0 Å². The first kappa shape index (κ1) is 17.2. The molecule has 9 heteroatoms. The minimum Gasteiger partial charge on any atom is -0.493 e. The summed E-state index contributed by atoms with van der Waals surface area (Å²) in [6, 6.07) is 4.34. The number of nitrogens with zero attached hydrogens (tertiary/aromatic N) is 2. The van der Waals surface area contributed by atoms with Crippen LogP contribution in [0, 0.1) is 0 Å². The molecule has 23 heavy (non-hydrogen) atoms. The Hall–Kier alpha value is -2.13. The fourth-order valence-corrected chi connectivity index (χ4v) is 2.78. The van der Waals surface area contributed by atoms with Crippen molar-refractivity contribution in [2.75, 3.05) is 14.2 Å². The molecule has 0 unspecified atom stereocenters. The monoisotopic (exact) mass is 341 g/mol. The summed E-state index contributed by atoms with van der Waals surface area (Å²) in [7, 11) is -0.824. The molecule has 0 aliphatic carbocycles. The van der Waals surface area contributed by atoms with Crippen LogP contribution in [-0.4, -0.2) is 32.8 Å². The molecule has 0 aliphatic heterocycles. The van der Waals surface area contributed by atoms with E-state index >= 15 is 0 Å². The van der Waals surface area contributed by atoms with Gasteiger partial charge in [0.1, 0.15) is 0 Å². The zero-order chi connectivity index (χ0) is 17.0. The molecule has 0 aliphatic rings. The molecule has 0 saturated heterocycles. The van der Waals surface area contributed by atoms with E-state index in [0.29, 0.717) is 17.4 Å². The van der Waals surface area contributed by atoms with Crippen molar-refractivity contribution in [3.63, 3.8) is 0 Å². The predicted molar refractivity (Wildman–Crippen MR) is 82.0 cm³/mol. The average Bonchev–Trinajstić information content (AvgIpc) is 3.01. The zero-order valence-corrected chi connectivity index (χ0v) is 14.2. The number of nitrogens with one attached hydrogen (secondary N) is 1. The summed E-state index contributed by atoms with van der Waals surface area (Å²) in [6.45, 7) is 3.73. The third-order valence-electron chi connectivity index (χ3n) is 3.06. The van der Waals surface area contributed by atoms with E-state index in [1.807, 2.05) is 13.8 Å². The SMILES string of the molecule is COc1ccc(S(=O)(=O)NCc2nnc(C(C)C)o2)cc1OC. The van der Waals surface area contributed by atoms with Crippen LogP contribution in [-0.2, 0) is 16.6 Å².